The Labute approximate surface area is 121 Å². The van der Waals surface area contributed by atoms with Gasteiger partial charge in [0.1, 0.15) is 0 Å². The molecule has 0 saturated carbocycles. The Morgan fingerprint density at radius 1 is 1.35 bits per heavy atom. The number of nitrogens with one attached hydrogen (secondary N) is 1. The number of hydrogen-bond acceptors (Lipinski definition) is 3. The quantitative estimate of drug-likeness (QED) is 0.904. The number of fused-ring (bicyclic) bond motifs is 1. The van der Waals surface area contributed by atoms with Gasteiger partial charge in [0, 0.05) is 30.9 Å². The molecule has 1 aliphatic heterocycles. The molecular weight excluding hydrogens is 246 g/mol. The Morgan fingerprint density at radius 3 is 3.15 bits per heavy atom. The van der Waals surface area contributed by atoms with Crippen LogP contribution in [0, 0.1) is 5.92 Å². The van der Waals surface area contributed by atoms with Crippen LogP contribution in [0.4, 0.5) is 0 Å². The molecule has 1 fully saturated rings. The Hall–Kier alpha value is -1.45. The molecule has 0 spiro atoms. The molecule has 0 radical (unpaired) electrons. The van der Waals surface area contributed by atoms with Crippen LogP contribution >= 0.6 is 0 Å². The highest BCUT2D eigenvalue weighted by molar-refractivity contribution is 5.84. The largest absolute Gasteiger partial charge is 0.312 e. The summed E-state index contributed by atoms with van der Waals surface area (Å²) in [6.07, 6.45) is 5.15. The standard InChI is InChI=1S/C17H23N3/c1-2-20-9-7-14(13-20)10-19-12-16-5-3-4-15-11-18-8-6-17(15)16/h3-6,8,11,14,19H,2,7,9-10,12-13H2,1H3. The average Bonchev–Trinajstić information content (AvgIpc) is 2.95. The second kappa shape index (κ2) is 6.33. The van der Waals surface area contributed by atoms with Gasteiger partial charge < -0.3 is 10.2 Å². The van der Waals surface area contributed by atoms with E-state index in [1.807, 2.05) is 12.4 Å². The molecule has 1 aliphatic rings. The molecule has 3 rings (SSSR count). The van der Waals surface area contributed by atoms with Gasteiger partial charge in [0.2, 0.25) is 0 Å². The number of pyridine rings is 1. The first-order chi connectivity index (χ1) is 9.86. The summed E-state index contributed by atoms with van der Waals surface area (Å²) in [5, 5.41) is 6.18. The van der Waals surface area contributed by atoms with Gasteiger partial charge in [0.05, 0.1) is 0 Å². The average molecular weight is 269 g/mol. The molecule has 1 saturated heterocycles. The molecule has 2 heterocycles. The van der Waals surface area contributed by atoms with Gasteiger partial charge in [-0.2, -0.15) is 0 Å². The predicted octanol–water partition coefficient (Wildman–Crippen LogP) is 2.67. The lowest BCUT2D eigenvalue weighted by atomic mass is 10.1. The second-order valence-corrected chi connectivity index (χ2v) is 5.69. The second-order valence-electron chi connectivity index (χ2n) is 5.69. The van der Waals surface area contributed by atoms with Gasteiger partial charge in [0.15, 0.2) is 0 Å². The summed E-state index contributed by atoms with van der Waals surface area (Å²) >= 11 is 0. The van der Waals surface area contributed by atoms with Gasteiger partial charge in [-0.05, 0) is 49.0 Å². The molecule has 1 aromatic heterocycles. The molecule has 20 heavy (non-hydrogen) atoms. The lowest BCUT2D eigenvalue weighted by Crippen LogP contribution is -2.26. The maximum Gasteiger partial charge on any atom is 0.0346 e. The lowest BCUT2D eigenvalue weighted by Gasteiger charge is -2.14. The summed E-state index contributed by atoms with van der Waals surface area (Å²) in [6, 6.07) is 8.57. The van der Waals surface area contributed by atoms with Gasteiger partial charge in [-0.15, -0.1) is 0 Å². The highest BCUT2D eigenvalue weighted by Gasteiger charge is 2.20. The van der Waals surface area contributed by atoms with Crippen molar-refractivity contribution in [3.63, 3.8) is 0 Å². The SMILES string of the molecule is CCN1CCC(CNCc2cccc3cnccc23)C1. The summed E-state index contributed by atoms with van der Waals surface area (Å²) in [4.78, 5) is 6.73. The summed E-state index contributed by atoms with van der Waals surface area (Å²) in [7, 11) is 0. The van der Waals surface area contributed by atoms with E-state index in [-0.39, 0.29) is 0 Å². The molecule has 1 unspecified atom stereocenters. The minimum absolute atomic E-state index is 0.812. The van der Waals surface area contributed by atoms with Gasteiger partial charge >= 0.3 is 0 Å². The number of aromatic nitrogens is 1. The third-order valence-corrected chi connectivity index (χ3v) is 4.34. The van der Waals surface area contributed by atoms with Crippen LogP contribution in [-0.4, -0.2) is 36.1 Å². The van der Waals surface area contributed by atoms with Crippen molar-refractivity contribution >= 4 is 10.8 Å². The molecule has 0 amide bonds. The van der Waals surface area contributed by atoms with Crippen molar-refractivity contribution in [1.29, 1.82) is 0 Å². The van der Waals surface area contributed by atoms with Crippen molar-refractivity contribution in [3.05, 3.63) is 42.2 Å². The van der Waals surface area contributed by atoms with E-state index in [2.05, 4.69) is 46.4 Å². The number of nitrogens with zero attached hydrogens (tertiary/aromatic N) is 2. The minimum Gasteiger partial charge on any atom is -0.312 e. The van der Waals surface area contributed by atoms with E-state index in [9.17, 15) is 0 Å². The van der Waals surface area contributed by atoms with Crippen LogP contribution in [0.3, 0.4) is 0 Å². The van der Waals surface area contributed by atoms with Crippen molar-refractivity contribution in [3.8, 4) is 0 Å². The lowest BCUT2D eigenvalue weighted by molar-refractivity contribution is 0.339. The summed E-state index contributed by atoms with van der Waals surface area (Å²) in [5.41, 5.74) is 1.37. The number of benzene rings is 1. The molecule has 3 heteroatoms. The van der Waals surface area contributed by atoms with Crippen molar-refractivity contribution in [2.24, 2.45) is 5.92 Å². The fraction of sp³-hybridized carbons (Fsp3) is 0.471. The number of rotatable bonds is 5. The normalized spacial score (nSPS) is 19.8. The van der Waals surface area contributed by atoms with Gasteiger partial charge in [0.25, 0.3) is 0 Å². The van der Waals surface area contributed by atoms with Gasteiger partial charge in [-0.25, -0.2) is 0 Å². The minimum atomic E-state index is 0.812. The van der Waals surface area contributed by atoms with Gasteiger partial charge in [-0.1, -0.05) is 25.1 Å². The fourth-order valence-electron chi connectivity index (χ4n) is 3.12. The van der Waals surface area contributed by atoms with E-state index < -0.39 is 0 Å². The first kappa shape index (κ1) is 13.5. The maximum absolute atomic E-state index is 4.19. The highest BCUT2D eigenvalue weighted by atomic mass is 15.1. The molecule has 106 valence electrons. The van der Waals surface area contributed by atoms with E-state index in [4.69, 9.17) is 0 Å². The summed E-state index contributed by atoms with van der Waals surface area (Å²) in [6.45, 7) is 8.03. The molecule has 2 aromatic rings. The summed E-state index contributed by atoms with van der Waals surface area (Å²) < 4.78 is 0. The van der Waals surface area contributed by atoms with E-state index in [1.54, 1.807) is 0 Å². The van der Waals surface area contributed by atoms with Crippen molar-refractivity contribution in [2.75, 3.05) is 26.2 Å². The Morgan fingerprint density at radius 2 is 2.30 bits per heavy atom. The number of hydrogen-bond donors (Lipinski definition) is 1. The molecule has 0 bridgehead atoms. The van der Waals surface area contributed by atoms with E-state index in [0.29, 0.717) is 0 Å². The smallest absolute Gasteiger partial charge is 0.0346 e. The Kier molecular flexibility index (Phi) is 4.28. The highest BCUT2D eigenvalue weighted by Crippen LogP contribution is 2.18. The zero-order valence-electron chi connectivity index (χ0n) is 12.2. The van der Waals surface area contributed by atoms with Crippen molar-refractivity contribution < 1.29 is 0 Å². The van der Waals surface area contributed by atoms with Crippen LogP contribution < -0.4 is 5.32 Å². The van der Waals surface area contributed by atoms with Crippen molar-refractivity contribution in [1.82, 2.24) is 15.2 Å². The summed E-state index contributed by atoms with van der Waals surface area (Å²) in [5.74, 6) is 0.812. The molecular formula is C17H23N3. The Balaban J connectivity index is 1.58. The molecule has 1 atom stereocenters. The monoisotopic (exact) mass is 269 g/mol. The zero-order valence-corrected chi connectivity index (χ0v) is 12.2. The molecule has 3 nitrogen and oxygen atoms in total. The zero-order chi connectivity index (χ0) is 13.8. The van der Waals surface area contributed by atoms with Gasteiger partial charge in [-0.3, -0.25) is 4.98 Å². The number of likely N-dealkylation sites (tertiary alicyclic amines) is 1. The third-order valence-electron chi connectivity index (χ3n) is 4.34. The third kappa shape index (κ3) is 3.00. The van der Waals surface area contributed by atoms with E-state index >= 15 is 0 Å². The topological polar surface area (TPSA) is 28.2 Å². The first-order valence-electron chi connectivity index (χ1n) is 7.61. The van der Waals surface area contributed by atoms with Crippen LogP contribution in [-0.2, 0) is 6.54 Å². The molecule has 1 aromatic carbocycles. The first-order valence-corrected chi connectivity index (χ1v) is 7.61. The van der Waals surface area contributed by atoms with Crippen LogP contribution in [0.2, 0.25) is 0 Å². The predicted molar refractivity (Wildman–Crippen MR) is 83.7 cm³/mol. The fourth-order valence-corrected chi connectivity index (χ4v) is 3.12. The van der Waals surface area contributed by atoms with Crippen LogP contribution in [0.15, 0.2) is 36.7 Å². The van der Waals surface area contributed by atoms with Crippen LogP contribution in [0.25, 0.3) is 10.8 Å². The van der Waals surface area contributed by atoms with Crippen molar-refractivity contribution in [2.45, 2.75) is 19.9 Å². The maximum atomic E-state index is 4.19. The van der Waals surface area contributed by atoms with E-state index in [0.717, 1.165) is 19.0 Å². The van der Waals surface area contributed by atoms with Crippen LogP contribution in [0.5, 0.6) is 0 Å². The van der Waals surface area contributed by atoms with E-state index in [1.165, 1.54) is 42.4 Å². The Bertz CT molecular complexity index is 562. The van der Waals surface area contributed by atoms with Crippen LogP contribution in [0.1, 0.15) is 18.9 Å². The molecule has 1 N–H and O–H groups in total. The molecule has 0 aliphatic carbocycles.